The number of aryl methyl sites for hydroxylation is 2. The minimum Gasteiger partial charge on any atom is -0.353 e. The molecule has 40 heavy (non-hydrogen) atoms. The molecule has 9 nitrogen and oxygen atoms in total. The molecule has 4 aromatic rings. The highest BCUT2D eigenvalue weighted by atomic mass is 19.4. The number of carbonyl (C=O) groups is 1. The lowest BCUT2D eigenvalue weighted by molar-refractivity contribution is -0.137. The Kier molecular flexibility index (Phi) is 7.53. The average Bonchev–Trinajstić information content (AvgIpc) is 3.45. The van der Waals surface area contributed by atoms with Crippen LogP contribution >= 0.6 is 0 Å². The number of hydrogen-bond donors (Lipinski definition) is 2. The molecule has 0 bridgehead atoms. The van der Waals surface area contributed by atoms with E-state index in [0.717, 1.165) is 37.3 Å². The highest BCUT2D eigenvalue weighted by Crippen LogP contribution is 2.30. The van der Waals surface area contributed by atoms with Gasteiger partial charge in [-0.15, -0.1) is 0 Å². The van der Waals surface area contributed by atoms with E-state index in [1.54, 1.807) is 38.4 Å². The third kappa shape index (κ3) is 5.81. The van der Waals surface area contributed by atoms with Gasteiger partial charge < -0.3 is 15.5 Å². The number of nitrogens with zero attached hydrogens (tertiary/aromatic N) is 5. The molecule has 12 heteroatoms. The van der Waals surface area contributed by atoms with Gasteiger partial charge in [-0.2, -0.15) is 18.2 Å². The minimum absolute atomic E-state index is 0.140. The fourth-order valence-electron chi connectivity index (χ4n) is 4.70. The fraction of sp³-hybridized carbons (Fsp3) is 0.321. The average molecular weight is 552 g/mol. The highest BCUT2D eigenvalue weighted by molar-refractivity contribution is 6.04. The zero-order valence-electron chi connectivity index (χ0n) is 22.0. The number of amides is 1. The molecule has 1 aliphatic rings. The first-order valence-corrected chi connectivity index (χ1v) is 12.9. The number of aromatic nitrogens is 4. The molecular formula is C28H28F3N7O2. The SMILES string of the molecule is Cc1ccc(NC(=O)c2cccc(C(F)(F)F)c2)cc1-c1nc2cnc(NCCN3CCCC3)nc2n(C)c1=O. The van der Waals surface area contributed by atoms with E-state index in [-0.39, 0.29) is 11.3 Å². The van der Waals surface area contributed by atoms with Crippen LogP contribution in [0.2, 0.25) is 0 Å². The van der Waals surface area contributed by atoms with E-state index in [1.807, 2.05) is 0 Å². The Labute approximate surface area is 228 Å². The summed E-state index contributed by atoms with van der Waals surface area (Å²) in [6.45, 7) is 5.55. The molecule has 0 saturated carbocycles. The summed E-state index contributed by atoms with van der Waals surface area (Å²) in [5.41, 5.74) is 0.985. The molecule has 2 aromatic carbocycles. The Balaban J connectivity index is 1.39. The lowest BCUT2D eigenvalue weighted by Crippen LogP contribution is -2.26. The van der Waals surface area contributed by atoms with Gasteiger partial charge in [0.15, 0.2) is 5.65 Å². The number of rotatable bonds is 7. The number of anilines is 2. The van der Waals surface area contributed by atoms with Gasteiger partial charge in [-0.1, -0.05) is 12.1 Å². The van der Waals surface area contributed by atoms with Crippen molar-refractivity contribution in [1.82, 2.24) is 24.4 Å². The molecule has 3 heterocycles. The Morgan fingerprint density at radius 1 is 1.07 bits per heavy atom. The predicted octanol–water partition coefficient (Wildman–Crippen LogP) is 4.48. The summed E-state index contributed by atoms with van der Waals surface area (Å²) in [6, 6.07) is 9.06. The summed E-state index contributed by atoms with van der Waals surface area (Å²) in [7, 11) is 1.60. The molecule has 0 unspecified atom stereocenters. The molecule has 208 valence electrons. The molecule has 2 aromatic heterocycles. The van der Waals surface area contributed by atoms with E-state index >= 15 is 0 Å². The number of benzene rings is 2. The van der Waals surface area contributed by atoms with Crippen molar-refractivity contribution in [3.05, 3.63) is 75.7 Å². The van der Waals surface area contributed by atoms with Crippen molar-refractivity contribution >= 4 is 28.7 Å². The maximum atomic E-state index is 13.3. The van der Waals surface area contributed by atoms with Crippen LogP contribution in [0.1, 0.15) is 34.3 Å². The van der Waals surface area contributed by atoms with E-state index in [1.165, 1.54) is 29.5 Å². The lowest BCUT2D eigenvalue weighted by Gasteiger charge is -2.15. The largest absolute Gasteiger partial charge is 0.416 e. The summed E-state index contributed by atoms with van der Waals surface area (Å²) in [4.78, 5) is 41.8. The standard InChI is InChI=1S/C28H28F3N7O2/c1-17-8-9-20(34-25(39)18-6-5-7-19(14-18)28(29,30)31)15-21(17)23-26(40)37(2)24-22(35-23)16-33-27(36-24)32-10-13-38-11-3-4-12-38/h5-9,14-16H,3-4,10-13H2,1-2H3,(H,34,39)(H,32,33,36). The van der Waals surface area contributed by atoms with E-state index in [9.17, 15) is 22.8 Å². The summed E-state index contributed by atoms with van der Waals surface area (Å²) in [6.07, 6.45) is -0.582. The predicted molar refractivity (Wildman–Crippen MR) is 146 cm³/mol. The van der Waals surface area contributed by atoms with Crippen molar-refractivity contribution in [3.8, 4) is 11.3 Å². The maximum absolute atomic E-state index is 13.3. The van der Waals surface area contributed by atoms with Gasteiger partial charge in [-0.05, 0) is 68.8 Å². The van der Waals surface area contributed by atoms with Gasteiger partial charge in [0.05, 0.1) is 11.8 Å². The van der Waals surface area contributed by atoms with Crippen LogP contribution in [0.5, 0.6) is 0 Å². The molecule has 1 saturated heterocycles. The topological polar surface area (TPSA) is 105 Å². The monoisotopic (exact) mass is 551 g/mol. The van der Waals surface area contributed by atoms with Gasteiger partial charge in [0, 0.05) is 37.0 Å². The first-order chi connectivity index (χ1) is 19.1. The Morgan fingerprint density at radius 2 is 1.85 bits per heavy atom. The third-order valence-corrected chi connectivity index (χ3v) is 6.92. The lowest BCUT2D eigenvalue weighted by atomic mass is 10.0. The van der Waals surface area contributed by atoms with Crippen molar-refractivity contribution in [3.63, 3.8) is 0 Å². The van der Waals surface area contributed by atoms with Gasteiger partial charge in [-0.3, -0.25) is 14.2 Å². The van der Waals surface area contributed by atoms with Crippen molar-refractivity contribution in [2.24, 2.45) is 7.05 Å². The minimum atomic E-state index is -4.57. The Bertz CT molecular complexity index is 1630. The summed E-state index contributed by atoms with van der Waals surface area (Å²) in [5.74, 6) is -0.301. The van der Waals surface area contributed by atoms with Crippen LogP contribution in [0.3, 0.4) is 0 Å². The fourth-order valence-corrected chi connectivity index (χ4v) is 4.70. The van der Waals surface area contributed by atoms with Gasteiger partial charge in [0.2, 0.25) is 5.95 Å². The van der Waals surface area contributed by atoms with Crippen molar-refractivity contribution in [2.75, 3.05) is 36.8 Å². The van der Waals surface area contributed by atoms with Crippen LogP contribution in [-0.2, 0) is 13.2 Å². The number of hydrogen-bond acceptors (Lipinski definition) is 7. The second-order valence-electron chi connectivity index (χ2n) is 9.76. The highest BCUT2D eigenvalue weighted by Gasteiger charge is 2.31. The molecule has 0 spiro atoms. The van der Waals surface area contributed by atoms with E-state index in [4.69, 9.17) is 0 Å². The zero-order valence-corrected chi connectivity index (χ0v) is 22.0. The second kappa shape index (κ2) is 11.0. The van der Waals surface area contributed by atoms with E-state index in [0.29, 0.717) is 34.9 Å². The number of alkyl halides is 3. The van der Waals surface area contributed by atoms with Crippen LogP contribution in [0.25, 0.3) is 22.4 Å². The summed E-state index contributed by atoms with van der Waals surface area (Å²) >= 11 is 0. The molecular weight excluding hydrogens is 523 g/mol. The van der Waals surface area contributed by atoms with E-state index in [2.05, 4.69) is 30.5 Å². The van der Waals surface area contributed by atoms with Gasteiger partial charge >= 0.3 is 6.18 Å². The van der Waals surface area contributed by atoms with Gasteiger partial charge in [0.25, 0.3) is 11.5 Å². The van der Waals surface area contributed by atoms with Crippen LogP contribution in [0, 0.1) is 6.92 Å². The zero-order chi connectivity index (χ0) is 28.4. The van der Waals surface area contributed by atoms with Crippen LogP contribution < -0.4 is 16.2 Å². The molecule has 1 aliphatic heterocycles. The normalized spacial score (nSPS) is 14.0. The van der Waals surface area contributed by atoms with Crippen LogP contribution in [0.15, 0.2) is 53.5 Å². The number of fused-ring (bicyclic) bond motifs is 1. The van der Waals surface area contributed by atoms with E-state index < -0.39 is 23.2 Å². The number of halogens is 3. The molecule has 1 amide bonds. The van der Waals surface area contributed by atoms with Crippen molar-refractivity contribution in [1.29, 1.82) is 0 Å². The maximum Gasteiger partial charge on any atom is 0.416 e. The molecule has 1 fully saturated rings. The van der Waals surface area contributed by atoms with Crippen molar-refractivity contribution in [2.45, 2.75) is 25.9 Å². The molecule has 0 radical (unpaired) electrons. The van der Waals surface area contributed by atoms with Gasteiger partial charge in [-0.25, -0.2) is 9.97 Å². The summed E-state index contributed by atoms with van der Waals surface area (Å²) < 4.78 is 40.6. The quantitative estimate of drug-likeness (QED) is 0.349. The molecule has 2 N–H and O–H groups in total. The Morgan fingerprint density at radius 3 is 2.60 bits per heavy atom. The van der Waals surface area contributed by atoms with Gasteiger partial charge in [0.1, 0.15) is 11.2 Å². The first kappa shape index (κ1) is 27.3. The second-order valence-corrected chi connectivity index (χ2v) is 9.76. The smallest absolute Gasteiger partial charge is 0.353 e. The first-order valence-electron chi connectivity index (χ1n) is 12.9. The molecule has 0 atom stereocenters. The molecule has 0 aliphatic carbocycles. The summed E-state index contributed by atoms with van der Waals surface area (Å²) in [5, 5.41) is 5.82. The Hall–Kier alpha value is -4.32. The molecule has 5 rings (SSSR count). The number of likely N-dealkylation sites (tertiary alicyclic amines) is 1. The van der Waals surface area contributed by atoms with Crippen molar-refractivity contribution < 1.29 is 18.0 Å². The van der Waals surface area contributed by atoms with Crippen LogP contribution in [0.4, 0.5) is 24.8 Å². The number of carbonyl (C=O) groups excluding carboxylic acids is 1. The number of nitrogens with one attached hydrogen (secondary N) is 2. The van der Waals surface area contributed by atoms with Crippen LogP contribution in [-0.4, -0.2) is 56.5 Å². The third-order valence-electron chi connectivity index (χ3n) is 6.92.